The molecule has 2 nitrogen and oxygen atoms in total. The predicted molar refractivity (Wildman–Crippen MR) is 52.9 cm³/mol. The minimum absolute atomic E-state index is 0.128. The zero-order valence-corrected chi connectivity index (χ0v) is 9.25. The average Bonchev–Trinajstić information content (AvgIpc) is 2.47. The van der Waals surface area contributed by atoms with E-state index in [0.717, 1.165) is 18.3 Å². The molecule has 0 fully saturated rings. The van der Waals surface area contributed by atoms with E-state index in [0.29, 0.717) is 0 Å². The van der Waals surface area contributed by atoms with Gasteiger partial charge in [-0.25, -0.2) is 0 Å². The predicted octanol–water partition coefficient (Wildman–Crippen LogP) is 2.50. The lowest BCUT2D eigenvalue weighted by Crippen LogP contribution is -2.53. The van der Waals surface area contributed by atoms with Crippen LogP contribution in [-0.4, -0.2) is 17.3 Å². The summed E-state index contributed by atoms with van der Waals surface area (Å²) in [5.41, 5.74) is 2.11. The largest absolute Gasteiger partial charge is 0.423 e. The van der Waals surface area contributed by atoms with E-state index in [-0.39, 0.29) is 9.90 Å². The number of thiophene rings is 1. The summed E-state index contributed by atoms with van der Waals surface area (Å²) in [4.78, 5) is -0.369. The molecule has 0 saturated heterocycles. The zero-order chi connectivity index (χ0) is 11.9. The number of aliphatic hydroxyl groups is 1. The number of hydrogen-bond donors (Lipinski definition) is 2. The lowest BCUT2D eigenvalue weighted by molar-refractivity contribution is -0.271. The standard InChI is InChI=1S/C8H9ClF3NOS/c1-4(13)7(14,8(10,11)12)6-5(9)2-3-15-6/h2-4,14H,13H2,1H3. The third kappa shape index (κ3) is 1.99. The molecule has 0 aromatic carbocycles. The molecular formula is C8H9ClF3NOS. The molecule has 0 saturated carbocycles. The van der Waals surface area contributed by atoms with Gasteiger partial charge in [-0.3, -0.25) is 0 Å². The molecule has 2 atom stereocenters. The number of hydrogen-bond acceptors (Lipinski definition) is 3. The molecule has 0 aliphatic carbocycles. The monoisotopic (exact) mass is 259 g/mol. The Bertz CT molecular complexity index is 352. The Hall–Kier alpha value is -0.300. The highest BCUT2D eigenvalue weighted by atomic mass is 35.5. The molecule has 0 radical (unpaired) electrons. The number of halogens is 4. The van der Waals surface area contributed by atoms with Crippen molar-refractivity contribution in [1.29, 1.82) is 0 Å². The Kier molecular flexibility index (Phi) is 3.35. The summed E-state index contributed by atoms with van der Waals surface area (Å²) in [5.74, 6) is 0. The molecule has 0 bridgehead atoms. The average molecular weight is 260 g/mol. The molecule has 1 aromatic rings. The summed E-state index contributed by atoms with van der Waals surface area (Å²) in [6.07, 6.45) is -4.85. The van der Waals surface area contributed by atoms with Gasteiger partial charge in [0.25, 0.3) is 0 Å². The number of nitrogens with two attached hydrogens (primary N) is 1. The van der Waals surface area contributed by atoms with Crippen LogP contribution in [0.2, 0.25) is 5.02 Å². The fourth-order valence-corrected chi connectivity index (χ4v) is 2.58. The highest BCUT2D eigenvalue weighted by Crippen LogP contribution is 2.45. The van der Waals surface area contributed by atoms with E-state index in [1.807, 2.05) is 0 Å². The first-order valence-corrected chi connectivity index (χ1v) is 5.25. The summed E-state index contributed by atoms with van der Waals surface area (Å²) in [7, 11) is 0. The molecule has 2 unspecified atom stereocenters. The van der Waals surface area contributed by atoms with Crippen LogP contribution in [0.3, 0.4) is 0 Å². The molecular weight excluding hydrogens is 251 g/mol. The maximum absolute atomic E-state index is 12.7. The van der Waals surface area contributed by atoms with Crippen molar-refractivity contribution in [3.8, 4) is 0 Å². The molecule has 0 aliphatic rings. The van der Waals surface area contributed by atoms with Crippen LogP contribution in [0.5, 0.6) is 0 Å². The Balaban J connectivity index is 3.32. The van der Waals surface area contributed by atoms with Gasteiger partial charge in [-0.1, -0.05) is 11.6 Å². The molecule has 0 aliphatic heterocycles. The second-order valence-electron chi connectivity index (χ2n) is 3.15. The van der Waals surface area contributed by atoms with Crippen LogP contribution in [0, 0.1) is 0 Å². The molecule has 1 rings (SSSR count). The van der Waals surface area contributed by atoms with E-state index in [1.165, 1.54) is 11.4 Å². The van der Waals surface area contributed by atoms with Crippen LogP contribution >= 0.6 is 22.9 Å². The van der Waals surface area contributed by atoms with Gasteiger partial charge < -0.3 is 10.8 Å². The van der Waals surface area contributed by atoms with Crippen molar-refractivity contribution in [2.24, 2.45) is 5.73 Å². The first kappa shape index (κ1) is 12.8. The van der Waals surface area contributed by atoms with Crippen molar-refractivity contribution in [2.45, 2.75) is 24.7 Å². The van der Waals surface area contributed by atoms with Gasteiger partial charge in [0, 0.05) is 6.04 Å². The summed E-state index contributed by atoms with van der Waals surface area (Å²) in [5, 5.41) is 10.9. The van der Waals surface area contributed by atoms with Gasteiger partial charge >= 0.3 is 6.18 Å². The first-order chi connectivity index (χ1) is 6.71. The molecule has 3 N–H and O–H groups in total. The molecule has 15 heavy (non-hydrogen) atoms. The fraction of sp³-hybridized carbons (Fsp3) is 0.500. The maximum Gasteiger partial charge on any atom is 0.423 e. The Morgan fingerprint density at radius 3 is 2.33 bits per heavy atom. The van der Waals surface area contributed by atoms with Crippen molar-refractivity contribution >= 4 is 22.9 Å². The summed E-state index contributed by atoms with van der Waals surface area (Å²) in [6, 6.07) is -0.200. The minimum atomic E-state index is -4.85. The van der Waals surface area contributed by atoms with E-state index in [1.54, 1.807) is 0 Å². The molecule has 1 heterocycles. The molecule has 7 heteroatoms. The quantitative estimate of drug-likeness (QED) is 0.857. The summed E-state index contributed by atoms with van der Waals surface area (Å²) >= 11 is 6.30. The van der Waals surface area contributed by atoms with E-state index in [4.69, 9.17) is 17.3 Å². The number of alkyl halides is 3. The normalized spacial score (nSPS) is 18.6. The fourth-order valence-electron chi connectivity index (χ4n) is 1.16. The lowest BCUT2D eigenvalue weighted by Gasteiger charge is -2.33. The zero-order valence-electron chi connectivity index (χ0n) is 7.68. The molecule has 0 amide bonds. The van der Waals surface area contributed by atoms with E-state index < -0.39 is 17.8 Å². The van der Waals surface area contributed by atoms with Gasteiger partial charge in [0.05, 0.1) is 9.90 Å². The highest BCUT2D eigenvalue weighted by molar-refractivity contribution is 7.10. The van der Waals surface area contributed by atoms with Crippen LogP contribution < -0.4 is 5.73 Å². The van der Waals surface area contributed by atoms with Crippen molar-refractivity contribution in [2.75, 3.05) is 0 Å². The van der Waals surface area contributed by atoms with Crippen molar-refractivity contribution in [3.05, 3.63) is 21.3 Å². The van der Waals surface area contributed by atoms with E-state index >= 15 is 0 Å². The van der Waals surface area contributed by atoms with E-state index in [2.05, 4.69) is 0 Å². The van der Waals surface area contributed by atoms with Gasteiger partial charge in [-0.15, -0.1) is 11.3 Å². The van der Waals surface area contributed by atoms with Crippen molar-refractivity contribution < 1.29 is 18.3 Å². The summed E-state index contributed by atoms with van der Waals surface area (Å²) < 4.78 is 38.1. The van der Waals surface area contributed by atoms with Gasteiger partial charge in [0.1, 0.15) is 0 Å². The smallest absolute Gasteiger partial charge is 0.374 e. The van der Waals surface area contributed by atoms with Crippen LogP contribution in [0.4, 0.5) is 13.2 Å². The molecule has 86 valence electrons. The van der Waals surface area contributed by atoms with E-state index in [9.17, 15) is 18.3 Å². The highest BCUT2D eigenvalue weighted by Gasteiger charge is 2.59. The SMILES string of the molecule is CC(N)C(O)(c1sccc1Cl)C(F)(F)F. The van der Waals surface area contributed by atoms with Crippen molar-refractivity contribution in [3.63, 3.8) is 0 Å². The summed E-state index contributed by atoms with van der Waals surface area (Å²) in [6.45, 7) is 1.09. The lowest BCUT2D eigenvalue weighted by atomic mass is 9.93. The van der Waals surface area contributed by atoms with Gasteiger partial charge in [-0.2, -0.15) is 13.2 Å². The van der Waals surface area contributed by atoms with Crippen LogP contribution in [0.25, 0.3) is 0 Å². The Morgan fingerprint density at radius 1 is 1.53 bits per heavy atom. The first-order valence-electron chi connectivity index (χ1n) is 3.99. The van der Waals surface area contributed by atoms with Gasteiger partial charge in [0.15, 0.2) is 0 Å². The van der Waals surface area contributed by atoms with Gasteiger partial charge in [-0.05, 0) is 18.4 Å². The molecule has 0 spiro atoms. The number of rotatable bonds is 2. The van der Waals surface area contributed by atoms with Crippen molar-refractivity contribution in [1.82, 2.24) is 0 Å². The Labute approximate surface area is 93.5 Å². The maximum atomic E-state index is 12.7. The topological polar surface area (TPSA) is 46.2 Å². The molecule has 1 aromatic heterocycles. The minimum Gasteiger partial charge on any atom is -0.374 e. The van der Waals surface area contributed by atoms with Crippen LogP contribution in [0.1, 0.15) is 11.8 Å². The second kappa shape index (κ2) is 3.93. The van der Waals surface area contributed by atoms with Gasteiger partial charge in [0.2, 0.25) is 5.60 Å². The second-order valence-corrected chi connectivity index (χ2v) is 4.47. The van der Waals surface area contributed by atoms with Crippen LogP contribution in [-0.2, 0) is 5.60 Å². The van der Waals surface area contributed by atoms with Crippen LogP contribution in [0.15, 0.2) is 11.4 Å². The Morgan fingerprint density at radius 2 is 2.07 bits per heavy atom. The third-order valence-corrected chi connectivity index (χ3v) is 3.52. The third-order valence-electron chi connectivity index (χ3n) is 2.05.